The zero-order chi connectivity index (χ0) is 24.9. The van der Waals surface area contributed by atoms with Crippen LogP contribution in [0.3, 0.4) is 0 Å². The summed E-state index contributed by atoms with van der Waals surface area (Å²) in [6.07, 6.45) is 7.85. The van der Waals surface area contributed by atoms with Crippen LogP contribution in [0.15, 0.2) is 25.3 Å². The quantitative estimate of drug-likeness (QED) is 0.235. The molecule has 3 heterocycles. The Balaban J connectivity index is 1.90. The van der Waals surface area contributed by atoms with Gasteiger partial charge in [-0.2, -0.15) is 0 Å². The number of fused-ring (bicyclic) bond motifs is 1. The van der Waals surface area contributed by atoms with Crippen molar-refractivity contribution in [2.75, 3.05) is 26.3 Å². The second kappa shape index (κ2) is 11.5. The number of ether oxygens (including phenoxy) is 2. The summed E-state index contributed by atoms with van der Waals surface area (Å²) in [7, 11) is 0. The number of esters is 1. The third-order valence-electron chi connectivity index (χ3n) is 7.41. The minimum Gasteiger partial charge on any atom is -0.465 e. The average Bonchev–Trinajstić information content (AvgIpc) is 3.44. The van der Waals surface area contributed by atoms with Crippen molar-refractivity contribution in [2.45, 2.75) is 82.6 Å². The summed E-state index contributed by atoms with van der Waals surface area (Å²) < 4.78 is 11.9. The SMILES string of the molecule is C=CCCOC(=O)[C@@H]1[C@H]2C(=O)N(CCCCCCO)C(C(=O)N(CC=C)C(C)C)C23CC[C@H]1O3. The molecule has 1 N–H and O–H groups in total. The average molecular weight is 477 g/mol. The minimum absolute atomic E-state index is 0.0688. The van der Waals surface area contributed by atoms with Crippen LogP contribution in [0.2, 0.25) is 0 Å². The maximum absolute atomic E-state index is 13.9. The lowest BCUT2D eigenvalue weighted by Crippen LogP contribution is -2.57. The number of nitrogens with zero attached hydrogens (tertiary/aromatic N) is 2. The van der Waals surface area contributed by atoms with Crippen molar-refractivity contribution >= 4 is 17.8 Å². The summed E-state index contributed by atoms with van der Waals surface area (Å²) in [5.41, 5.74) is -1.000. The molecule has 5 atom stereocenters. The number of amides is 2. The van der Waals surface area contributed by atoms with E-state index in [4.69, 9.17) is 14.6 Å². The lowest BCUT2D eigenvalue weighted by atomic mass is 9.70. The summed E-state index contributed by atoms with van der Waals surface area (Å²) in [5.74, 6) is -2.15. The molecule has 3 aliphatic rings. The highest BCUT2D eigenvalue weighted by Gasteiger charge is 2.75. The lowest BCUT2D eigenvalue weighted by molar-refractivity contribution is -0.155. The number of likely N-dealkylation sites (tertiary alicyclic amines) is 1. The Hall–Kier alpha value is -2.19. The fourth-order valence-electron chi connectivity index (χ4n) is 5.88. The van der Waals surface area contributed by atoms with Gasteiger partial charge in [0.15, 0.2) is 0 Å². The molecule has 34 heavy (non-hydrogen) atoms. The summed E-state index contributed by atoms with van der Waals surface area (Å²) >= 11 is 0. The van der Waals surface area contributed by atoms with Crippen molar-refractivity contribution in [3.8, 4) is 0 Å². The van der Waals surface area contributed by atoms with E-state index in [0.29, 0.717) is 38.8 Å². The molecule has 3 aliphatic heterocycles. The van der Waals surface area contributed by atoms with E-state index in [1.807, 2.05) is 13.8 Å². The molecule has 0 aromatic carbocycles. The van der Waals surface area contributed by atoms with Crippen molar-refractivity contribution < 1.29 is 29.0 Å². The van der Waals surface area contributed by atoms with Gasteiger partial charge in [0.25, 0.3) is 0 Å². The Morgan fingerprint density at radius 3 is 2.65 bits per heavy atom. The predicted molar refractivity (Wildman–Crippen MR) is 128 cm³/mol. The first-order chi connectivity index (χ1) is 16.3. The highest BCUT2D eigenvalue weighted by Crippen LogP contribution is 2.58. The lowest BCUT2D eigenvalue weighted by Gasteiger charge is -2.38. The fourth-order valence-corrected chi connectivity index (χ4v) is 5.88. The highest BCUT2D eigenvalue weighted by molar-refractivity contribution is 5.98. The smallest absolute Gasteiger partial charge is 0.312 e. The van der Waals surface area contributed by atoms with Crippen molar-refractivity contribution in [3.63, 3.8) is 0 Å². The second-order valence-corrected chi connectivity index (χ2v) is 9.84. The Kier molecular flexibility index (Phi) is 8.93. The van der Waals surface area contributed by atoms with Crippen molar-refractivity contribution in [2.24, 2.45) is 11.8 Å². The van der Waals surface area contributed by atoms with Crippen molar-refractivity contribution in [1.29, 1.82) is 0 Å². The number of carbonyl (C=O) groups is 3. The molecule has 8 nitrogen and oxygen atoms in total. The van der Waals surface area contributed by atoms with Gasteiger partial charge >= 0.3 is 5.97 Å². The van der Waals surface area contributed by atoms with Gasteiger partial charge in [0, 0.05) is 25.7 Å². The zero-order valence-electron chi connectivity index (χ0n) is 20.6. The highest BCUT2D eigenvalue weighted by atomic mass is 16.6. The van der Waals surface area contributed by atoms with E-state index in [9.17, 15) is 14.4 Å². The molecule has 2 amide bonds. The molecule has 190 valence electrons. The molecule has 1 spiro atoms. The number of rotatable bonds is 14. The van der Waals surface area contributed by atoms with Crippen LogP contribution in [0, 0.1) is 11.8 Å². The molecule has 3 saturated heterocycles. The molecule has 0 radical (unpaired) electrons. The van der Waals surface area contributed by atoms with Gasteiger partial charge in [0.1, 0.15) is 11.6 Å². The van der Waals surface area contributed by atoms with E-state index < -0.39 is 35.6 Å². The third-order valence-corrected chi connectivity index (χ3v) is 7.41. The molecule has 3 rings (SSSR count). The van der Waals surface area contributed by atoms with Crippen molar-refractivity contribution in [1.82, 2.24) is 9.80 Å². The third kappa shape index (κ3) is 4.80. The van der Waals surface area contributed by atoms with E-state index in [-0.39, 0.29) is 31.1 Å². The normalized spacial score (nSPS) is 29.4. The topological polar surface area (TPSA) is 96.4 Å². The number of aliphatic hydroxyl groups excluding tert-OH is 1. The van der Waals surface area contributed by atoms with E-state index in [1.54, 1.807) is 22.0 Å². The van der Waals surface area contributed by atoms with Gasteiger partial charge in [-0.05, 0) is 46.0 Å². The van der Waals surface area contributed by atoms with Crippen LogP contribution in [-0.2, 0) is 23.9 Å². The van der Waals surface area contributed by atoms with Crippen molar-refractivity contribution in [3.05, 3.63) is 25.3 Å². The van der Waals surface area contributed by atoms with Gasteiger partial charge < -0.3 is 24.4 Å². The minimum atomic E-state index is -1.000. The van der Waals surface area contributed by atoms with Gasteiger partial charge in [-0.1, -0.05) is 25.0 Å². The maximum Gasteiger partial charge on any atom is 0.312 e. The monoisotopic (exact) mass is 476 g/mol. The summed E-state index contributed by atoms with van der Waals surface area (Å²) in [6.45, 7) is 12.5. The number of unbranched alkanes of at least 4 members (excludes halogenated alkanes) is 3. The zero-order valence-corrected chi connectivity index (χ0v) is 20.6. The number of hydrogen-bond donors (Lipinski definition) is 1. The van der Waals surface area contributed by atoms with E-state index in [1.165, 1.54) is 0 Å². The Labute approximate surface area is 202 Å². The maximum atomic E-state index is 13.9. The molecule has 8 heteroatoms. The van der Waals surface area contributed by atoms with Gasteiger partial charge in [-0.3, -0.25) is 14.4 Å². The molecule has 0 aromatic rings. The molecular formula is C26H40N2O6. The molecule has 2 unspecified atom stereocenters. The Bertz CT molecular complexity index is 783. The van der Waals surface area contributed by atoms with Crippen LogP contribution in [0.4, 0.5) is 0 Å². The first kappa shape index (κ1) is 26.4. The van der Waals surface area contributed by atoms with Gasteiger partial charge in [0.2, 0.25) is 11.8 Å². The predicted octanol–water partition coefficient (Wildman–Crippen LogP) is 2.46. The van der Waals surface area contributed by atoms with Crippen LogP contribution in [0.1, 0.15) is 58.8 Å². The fraction of sp³-hybridized carbons (Fsp3) is 0.731. The summed E-state index contributed by atoms with van der Waals surface area (Å²) in [4.78, 5) is 44.1. The summed E-state index contributed by atoms with van der Waals surface area (Å²) in [6, 6.07) is -0.832. The molecule has 3 fully saturated rings. The molecule has 0 aliphatic carbocycles. The van der Waals surface area contributed by atoms with Gasteiger partial charge in [-0.15, -0.1) is 13.2 Å². The number of carbonyl (C=O) groups excluding carboxylic acids is 3. The van der Waals surface area contributed by atoms with E-state index in [2.05, 4.69) is 13.2 Å². The van der Waals surface area contributed by atoms with Crippen LogP contribution in [0.5, 0.6) is 0 Å². The molecular weight excluding hydrogens is 436 g/mol. The number of hydrogen-bond acceptors (Lipinski definition) is 6. The standard InChI is InChI=1S/C26H40N2O6/c1-5-7-17-33-25(32)20-19-12-13-26(34-19)21(20)23(30)28(15-10-8-9-11-16-29)22(26)24(31)27(14-6-2)18(3)4/h5-6,18-22,29H,1-2,7-17H2,3-4H3/t19-,20+,21+,22?,26?/m1/s1. The van der Waals surface area contributed by atoms with E-state index in [0.717, 1.165) is 19.3 Å². The van der Waals surface area contributed by atoms with Crippen LogP contribution in [-0.4, -0.2) is 82.8 Å². The van der Waals surface area contributed by atoms with Gasteiger partial charge in [-0.25, -0.2) is 0 Å². The largest absolute Gasteiger partial charge is 0.465 e. The van der Waals surface area contributed by atoms with E-state index >= 15 is 0 Å². The molecule has 0 aromatic heterocycles. The van der Waals surface area contributed by atoms with Crippen LogP contribution < -0.4 is 0 Å². The summed E-state index contributed by atoms with van der Waals surface area (Å²) in [5, 5.41) is 9.05. The Morgan fingerprint density at radius 2 is 2.00 bits per heavy atom. The first-order valence-corrected chi connectivity index (χ1v) is 12.6. The molecule has 2 bridgehead atoms. The van der Waals surface area contributed by atoms with Crippen LogP contribution in [0.25, 0.3) is 0 Å². The Morgan fingerprint density at radius 1 is 1.26 bits per heavy atom. The first-order valence-electron chi connectivity index (χ1n) is 12.6. The molecule has 0 saturated carbocycles. The second-order valence-electron chi connectivity index (χ2n) is 9.84. The van der Waals surface area contributed by atoms with Crippen LogP contribution >= 0.6 is 0 Å². The van der Waals surface area contributed by atoms with Gasteiger partial charge in [0.05, 0.1) is 24.5 Å². The number of aliphatic hydroxyl groups is 1.